The van der Waals surface area contributed by atoms with E-state index in [1.165, 1.54) is 4.90 Å². The van der Waals surface area contributed by atoms with Crippen molar-refractivity contribution in [2.45, 2.75) is 40.2 Å². The monoisotopic (exact) mass is 337 g/mol. The van der Waals surface area contributed by atoms with Crippen LogP contribution >= 0.6 is 0 Å². The van der Waals surface area contributed by atoms with Gasteiger partial charge < -0.3 is 19.5 Å². The molecule has 0 aliphatic rings. The standard InChI is InChI=1S/C18H27NO5/c1-18(2,3)7-6-16(20)19(12-17(21)22)11-13-8-14(23-4)10-15(9-13)24-5/h8-10H,6-7,11-12H2,1-5H3,(H,21,22). The highest BCUT2D eigenvalue weighted by Crippen LogP contribution is 2.25. The van der Waals surface area contributed by atoms with Gasteiger partial charge in [0, 0.05) is 19.0 Å². The Morgan fingerprint density at radius 2 is 1.62 bits per heavy atom. The Labute approximate surface area is 143 Å². The predicted molar refractivity (Wildman–Crippen MR) is 91.3 cm³/mol. The molecular weight excluding hydrogens is 310 g/mol. The summed E-state index contributed by atoms with van der Waals surface area (Å²) in [6.45, 7) is 6.02. The van der Waals surface area contributed by atoms with E-state index in [0.29, 0.717) is 24.3 Å². The maximum absolute atomic E-state index is 12.4. The molecule has 0 spiro atoms. The van der Waals surface area contributed by atoms with Crippen LogP contribution < -0.4 is 9.47 Å². The predicted octanol–water partition coefficient (Wildman–Crippen LogP) is 2.94. The van der Waals surface area contributed by atoms with Gasteiger partial charge in [-0.15, -0.1) is 0 Å². The zero-order valence-electron chi connectivity index (χ0n) is 15.1. The lowest BCUT2D eigenvalue weighted by Gasteiger charge is -2.24. The molecule has 24 heavy (non-hydrogen) atoms. The number of methoxy groups -OCH3 is 2. The average molecular weight is 337 g/mol. The normalized spacial score (nSPS) is 11.0. The van der Waals surface area contributed by atoms with E-state index in [4.69, 9.17) is 14.6 Å². The third kappa shape index (κ3) is 6.89. The summed E-state index contributed by atoms with van der Waals surface area (Å²) in [5, 5.41) is 9.10. The number of carbonyl (C=O) groups is 2. The van der Waals surface area contributed by atoms with Gasteiger partial charge in [0.15, 0.2) is 0 Å². The molecule has 0 aromatic heterocycles. The Morgan fingerprint density at radius 3 is 2.04 bits per heavy atom. The van der Waals surface area contributed by atoms with Gasteiger partial charge in [0.05, 0.1) is 14.2 Å². The number of ether oxygens (including phenoxy) is 2. The van der Waals surface area contributed by atoms with Crippen molar-refractivity contribution < 1.29 is 24.2 Å². The first-order valence-corrected chi connectivity index (χ1v) is 7.86. The Bertz CT molecular complexity index is 555. The summed E-state index contributed by atoms with van der Waals surface area (Å²) in [6, 6.07) is 5.27. The van der Waals surface area contributed by atoms with Gasteiger partial charge in [-0.1, -0.05) is 20.8 Å². The zero-order valence-corrected chi connectivity index (χ0v) is 15.1. The van der Waals surface area contributed by atoms with Crippen molar-refractivity contribution in [3.63, 3.8) is 0 Å². The molecule has 134 valence electrons. The maximum Gasteiger partial charge on any atom is 0.323 e. The highest BCUT2D eigenvalue weighted by Gasteiger charge is 2.20. The molecule has 6 nitrogen and oxygen atoms in total. The van der Waals surface area contributed by atoms with Crippen LogP contribution in [0, 0.1) is 5.41 Å². The topological polar surface area (TPSA) is 76.1 Å². The molecule has 0 radical (unpaired) electrons. The van der Waals surface area contributed by atoms with Crippen molar-refractivity contribution in [3.8, 4) is 11.5 Å². The molecule has 1 amide bonds. The lowest BCUT2D eigenvalue weighted by atomic mass is 9.90. The molecule has 0 fully saturated rings. The number of carboxylic acids is 1. The second kappa shape index (κ2) is 8.57. The number of benzene rings is 1. The Hall–Kier alpha value is -2.24. The van der Waals surface area contributed by atoms with Crippen LogP contribution in [-0.4, -0.2) is 42.6 Å². The van der Waals surface area contributed by atoms with Crippen molar-refractivity contribution in [2.24, 2.45) is 5.41 Å². The number of aliphatic carboxylic acids is 1. The van der Waals surface area contributed by atoms with Gasteiger partial charge in [-0.25, -0.2) is 0 Å². The molecule has 0 saturated carbocycles. The molecule has 1 aromatic carbocycles. The fourth-order valence-electron chi connectivity index (χ4n) is 2.21. The summed E-state index contributed by atoms with van der Waals surface area (Å²) in [6.07, 6.45) is 1.02. The first kappa shape index (κ1) is 19.8. The van der Waals surface area contributed by atoms with Crippen LogP contribution in [0.2, 0.25) is 0 Å². The van der Waals surface area contributed by atoms with Crippen LogP contribution in [0.15, 0.2) is 18.2 Å². The lowest BCUT2D eigenvalue weighted by molar-refractivity contribution is -0.145. The number of carboxylic acid groups (broad SMARTS) is 1. The second-order valence-corrected chi connectivity index (χ2v) is 6.93. The fraction of sp³-hybridized carbons (Fsp3) is 0.556. The van der Waals surface area contributed by atoms with E-state index in [9.17, 15) is 9.59 Å². The van der Waals surface area contributed by atoms with Crippen LogP contribution in [0.25, 0.3) is 0 Å². The molecule has 0 heterocycles. The van der Waals surface area contributed by atoms with Gasteiger partial charge in [-0.3, -0.25) is 9.59 Å². The quantitative estimate of drug-likeness (QED) is 0.789. The second-order valence-electron chi connectivity index (χ2n) is 6.93. The Morgan fingerprint density at radius 1 is 1.08 bits per heavy atom. The van der Waals surface area contributed by atoms with Crippen molar-refractivity contribution in [2.75, 3.05) is 20.8 Å². The largest absolute Gasteiger partial charge is 0.497 e. The van der Waals surface area contributed by atoms with Crippen LogP contribution in [0.3, 0.4) is 0 Å². The van der Waals surface area contributed by atoms with E-state index < -0.39 is 5.97 Å². The molecule has 1 aromatic rings. The molecular formula is C18H27NO5. The third-order valence-electron chi connectivity index (χ3n) is 3.55. The van der Waals surface area contributed by atoms with Crippen LogP contribution in [0.4, 0.5) is 0 Å². The maximum atomic E-state index is 12.4. The van der Waals surface area contributed by atoms with Gasteiger partial charge in [0.25, 0.3) is 0 Å². The van der Waals surface area contributed by atoms with Crippen LogP contribution in [-0.2, 0) is 16.1 Å². The Kier molecular flexibility index (Phi) is 7.07. The number of hydrogen-bond donors (Lipinski definition) is 1. The van der Waals surface area contributed by atoms with Gasteiger partial charge in [0.1, 0.15) is 18.0 Å². The summed E-state index contributed by atoms with van der Waals surface area (Å²) in [4.78, 5) is 24.9. The van der Waals surface area contributed by atoms with Gasteiger partial charge in [-0.2, -0.15) is 0 Å². The number of carbonyl (C=O) groups excluding carboxylic acids is 1. The minimum absolute atomic E-state index is 0.0176. The van der Waals surface area contributed by atoms with E-state index in [1.807, 2.05) is 0 Å². The third-order valence-corrected chi connectivity index (χ3v) is 3.55. The fourth-order valence-corrected chi connectivity index (χ4v) is 2.21. The number of nitrogens with zero attached hydrogens (tertiary/aromatic N) is 1. The first-order chi connectivity index (χ1) is 11.1. The number of rotatable bonds is 8. The van der Waals surface area contributed by atoms with Crippen molar-refractivity contribution in [3.05, 3.63) is 23.8 Å². The molecule has 6 heteroatoms. The summed E-state index contributed by atoms with van der Waals surface area (Å²) in [5.74, 6) is -0.00777. The zero-order chi connectivity index (χ0) is 18.3. The van der Waals surface area contributed by atoms with E-state index in [1.54, 1.807) is 32.4 Å². The SMILES string of the molecule is COc1cc(CN(CC(=O)O)C(=O)CCC(C)(C)C)cc(OC)c1. The molecule has 0 saturated heterocycles. The van der Waals surface area contributed by atoms with E-state index in [2.05, 4.69) is 20.8 Å². The van der Waals surface area contributed by atoms with Crippen molar-refractivity contribution in [1.82, 2.24) is 4.90 Å². The highest BCUT2D eigenvalue weighted by molar-refractivity contribution is 5.81. The van der Waals surface area contributed by atoms with Gasteiger partial charge in [-0.05, 0) is 29.5 Å². The summed E-state index contributed by atoms with van der Waals surface area (Å²) < 4.78 is 10.4. The molecule has 0 unspecified atom stereocenters. The van der Waals surface area contributed by atoms with Crippen LogP contribution in [0.5, 0.6) is 11.5 Å². The average Bonchev–Trinajstić information content (AvgIpc) is 2.50. The molecule has 0 atom stereocenters. The van der Waals surface area contributed by atoms with Gasteiger partial charge in [0.2, 0.25) is 5.91 Å². The minimum atomic E-state index is -1.03. The van der Waals surface area contributed by atoms with E-state index >= 15 is 0 Å². The number of amides is 1. The summed E-state index contributed by atoms with van der Waals surface area (Å²) >= 11 is 0. The molecule has 1 N–H and O–H groups in total. The summed E-state index contributed by atoms with van der Waals surface area (Å²) in [5.41, 5.74) is 0.778. The molecule has 1 rings (SSSR count). The van der Waals surface area contributed by atoms with Crippen LogP contribution in [0.1, 0.15) is 39.2 Å². The van der Waals surface area contributed by atoms with E-state index in [-0.39, 0.29) is 24.4 Å². The Balaban J connectivity index is 2.93. The van der Waals surface area contributed by atoms with Gasteiger partial charge >= 0.3 is 5.97 Å². The molecule has 0 bridgehead atoms. The van der Waals surface area contributed by atoms with Crippen molar-refractivity contribution in [1.29, 1.82) is 0 Å². The summed E-state index contributed by atoms with van der Waals surface area (Å²) in [7, 11) is 3.09. The molecule has 0 aliphatic carbocycles. The molecule has 0 aliphatic heterocycles. The smallest absolute Gasteiger partial charge is 0.323 e. The number of hydrogen-bond acceptors (Lipinski definition) is 4. The lowest BCUT2D eigenvalue weighted by Crippen LogP contribution is -2.35. The first-order valence-electron chi connectivity index (χ1n) is 7.86. The van der Waals surface area contributed by atoms with Crippen molar-refractivity contribution >= 4 is 11.9 Å². The van der Waals surface area contributed by atoms with E-state index in [0.717, 1.165) is 5.56 Å². The highest BCUT2D eigenvalue weighted by atomic mass is 16.5. The minimum Gasteiger partial charge on any atom is -0.497 e.